The van der Waals surface area contributed by atoms with Gasteiger partial charge in [0.2, 0.25) is 0 Å². The van der Waals surface area contributed by atoms with Crippen molar-refractivity contribution in [3.63, 3.8) is 0 Å². The minimum Gasteiger partial charge on any atom is -0.299 e. The fourth-order valence-electron chi connectivity index (χ4n) is 2.51. The molecule has 0 spiro atoms. The summed E-state index contributed by atoms with van der Waals surface area (Å²) in [5.41, 5.74) is 0.929. The topological polar surface area (TPSA) is 17.1 Å². The summed E-state index contributed by atoms with van der Waals surface area (Å²) in [6.45, 7) is 0. The quantitative estimate of drug-likeness (QED) is 0.787. The summed E-state index contributed by atoms with van der Waals surface area (Å²) in [5.74, 6) is -1.82. The Labute approximate surface area is 104 Å². The van der Waals surface area contributed by atoms with Crippen LogP contribution in [0.5, 0.6) is 0 Å². The Morgan fingerprint density at radius 2 is 1.83 bits per heavy atom. The highest BCUT2D eigenvalue weighted by Gasteiger charge is 2.44. The van der Waals surface area contributed by atoms with Gasteiger partial charge in [-0.05, 0) is 24.8 Å². The van der Waals surface area contributed by atoms with Gasteiger partial charge < -0.3 is 0 Å². The summed E-state index contributed by atoms with van der Waals surface area (Å²) >= 11 is 0. The van der Waals surface area contributed by atoms with Gasteiger partial charge in [0.15, 0.2) is 0 Å². The van der Waals surface area contributed by atoms with Crippen LogP contribution in [0.4, 0.5) is 13.2 Å². The molecule has 0 aromatic heterocycles. The molecule has 0 N–H and O–H groups in total. The van der Waals surface area contributed by atoms with Crippen molar-refractivity contribution in [2.75, 3.05) is 0 Å². The SMILES string of the molecule is O=C1CCC(C(F)(F)F)CC1Cc1ccccc1. The van der Waals surface area contributed by atoms with Crippen LogP contribution in [0.1, 0.15) is 24.8 Å². The van der Waals surface area contributed by atoms with Crippen molar-refractivity contribution >= 4 is 5.78 Å². The zero-order valence-corrected chi connectivity index (χ0v) is 9.91. The summed E-state index contributed by atoms with van der Waals surface area (Å²) < 4.78 is 38.0. The van der Waals surface area contributed by atoms with Crippen molar-refractivity contribution in [1.29, 1.82) is 0 Å². The Morgan fingerprint density at radius 3 is 2.44 bits per heavy atom. The van der Waals surface area contributed by atoms with Crippen LogP contribution in [0.15, 0.2) is 30.3 Å². The number of Topliss-reactive ketones (excluding diaryl/α,β-unsaturated/α-hetero) is 1. The van der Waals surface area contributed by atoms with Crippen LogP contribution in [0, 0.1) is 11.8 Å². The lowest BCUT2D eigenvalue weighted by Crippen LogP contribution is -2.34. The van der Waals surface area contributed by atoms with E-state index < -0.39 is 18.0 Å². The molecule has 0 radical (unpaired) electrons. The molecule has 18 heavy (non-hydrogen) atoms. The number of benzene rings is 1. The molecule has 1 saturated carbocycles. The lowest BCUT2D eigenvalue weighted by molar-refractivity contribution is -0.186. The summed E-state index contributed by atoms with van der Waals surface area (Å²) in [6.07, 6.45) is -3.80. The minimum atomic E-state index is -4.17. The maximum absolute atomic E-state index is 12.7. The molecule has 2 unspecified atom stereocenters. The maximum Gasteiger partial charge on any atom is 0.391 e. The second kappa shape index (κ2) is 5.12. The minimum absolute atomic E-state index is 0.0284. The standard InChI is InChI=1S/C14H15F3O/c15-14(16,17)12-6-7-13(18)11(9-12)8-10-4-2-1-3-5-10/h1-5,11-12H,6-9H2. The number of carbonyl (C=O) groups excluding carboxylic acids is 1. The van der Waals surface area contributed by atoms with Gasteiger partial charge in [0.1, 0.15) is 5.78 Å². The monoisotopic (exact) mass is 256 g/mol. The molecule has 1 aliphatic rings. The first-order chi connectivity index (χ1) is 8.47. The van der Waals surface area contributed by atoms with Gasteiger partial charge in [-0.1, -0.05) is 30.3 Å². The third-order valence-corrected chi connectivity index (χ3v) is 3.55. The van der Waals surface area contributed by atoms with E-state index in [-0.39, 0.29) is 25.0 Å². The molecule has 2 rings (SSSR count). The Kier molecular flexibility index (Phi) is 3.73. The molecule has 4 heteroatoms. The average molecular weight is 256 g/mol. The summed E-state index contributed by atoms with van der Waals surface area (Å²) in [7, 11) is 0. The molecule has 0 bridgehead atoms. The first kappa shape index (κ1) is 13.1. The number of hydrogen-bond donors (Lipinski definition) is 0. The number of halogens is 3. The van der Waals surface area contributed by atoms with E-state index >= 15 is 0 Å². The lowest BCUT2D eigenvalue weighted by Gasteiger charge is -2.29. The van der Waals surface area contributed by atoms with E-state index in [4.69, 9.17) is 0 Å². The zero-order chi connectivity index (χ0) is 13.2. The number of ketones is 1. The molecule has 2 atom stereocenters. The highest BCUT2D eigenvalue weighted by atomic mass is 19.4. The van der Waals surface area contributed by atoms with E-state index in [0.717, 1.165) is 5.56 Å². The van der Waals surface area contributed by atoms with Gasteiger partial charge in [0.25, 0.3) is 0 Å². The molecule has 0 heterocycles. The molecule has 0 amide bonds. The van der Waals surface area contributed by atoms with Crippen molar-refractivity contribution < 1.29 is 18.0 Å². The molecule has 1 nitrogen and oxygen atoms in total. The number of rotatable bonds is 2. The lowest BCUT2D eigenvalue weighted by atomic mass is 9.77. The highest BCUT2D eigenvalue weighted by molar-refractivity contribution is 5.82. The summed E-state index contributed by atoms with van der Waals surface area (Å²) in [5, 5.41) is 0. The van der Waals surface area contributed by atoms with Gasteiger partial charge in [-0.2, -0.15) is 13.2 Å². The third kappa shape index (κ3) is 3.12. The van der Waals surface area contributed by atoms with Crippen LogP contribution < -0.4 is 0 Å². The first-order valence-corrected chi connectivity index (χ1v) is 6.10. The van der Waals surface area contributed by atoms with Crippen molar-refractivity contribution in [3.05, 3.63) is 35.9 Å². The van der Waals surface area contributed by atoms with E-state index in [0.29, 0.717) is 6.42 Å². The molecular weight excluding hydrogens is 241 g/mol. The molecule has 1 aliphatic carbocycles. The number of alkyl halides is 3. The van der Waals surface area contributed by atoms with Gasteiger partial charge >= 0.3 is 6.18 Å². The van der Waals surface area contributed by atoms with Crippen LogP contribution in [0.2, 0.25) is 0 Å². The molecule has 98 valence electrons. The van der Waals surface area contributed by atoms with Gasteiger partial charge in [-0.3, -0.25) is 4.79 Å². The van der Waals surface area contributed by atoms with Crippen LogP contribution in [-0.2, 0) is 11.2 Å². The smallest absolute Gasteiger partial charge is 0.299 e. The third-order valence-electron chi connectivity index (χ3n) is 3.55. The molecule has 1 fully saturated rings. The van der Waals surface area contributed by atoms with Gasteiger partial charge in [-0.15, -0.1) is 0 Å². The van der Waals surface area contributed by atoms with Crippen LogP contribution in [0.25, 0.3) is 0 Å². The Bertz CT molecular complexity index is 411. The largest absolute Gasteiger partial charge is 0.391 e. The fourth-order valence-corrected chi connectivity index (χ4v) is 2.51. The van der Waals surface area contributed by atoms with Crippen molar-refractivity contribution in [1.82, 2.24) is 0 Å². The normalized spacial score (nSPS) is 25.2. The Morgan fingerprint density at radius 1 is 1.17 bits per heavy atom. The van der Waals surface area contributed by atoms with Gasteiger partial charge in [-0.25, -0.2) is 0 Å². The number of hydrogen-bond acceptors (Lipinski definition) is 1. The van der Waals surface area contributed by atoms with E-state index in [1.807, 2.05) is 30.3 Å². The molecule has 1 aromatic carbocycles. The van der Waals surface area contributed by atoms with Gasteiger partial charge in [0.05, 0.1) is 5.92 Å². The summed E-state index contributed by atoms with van der Waals surface area (Å²) in [6, 6.07) is 9.23. The van der Waals surface area contributed by atoms with Crippen LogP contribution in [-0.4, -0.2) is 12.0 Å². The first-order valence-electron chi connectivity index (χ1n) is 6.10. The van der Waals surface area contributed by atoms with Crippen molar-refractivity contribution in [3.8, 4) is 0 Å². The predicted molar refractivity (Wildman–Crippen MR) is 62.0 cm³/mol. The van der Waals surface area contributed by atoms with Crippen LogP contribution >= 0.6 is 0 Å². The molecule has 0 saturated heterocycles. The Balaban J connectivity index is 2.05. The molecule has 0 aliphatic heterocycles. The van der Waals surface area contributed by atoms with E-state index in [9.17, 15) is 18.0 Å². The van der Waals surface area contributed by atoms with E-state index in [1.165, 1.54) is 0 Å². The van der Waals surface area contributed by atoms with Crippen molar-refractivity contribution in [2.45, 2.75) is 31.9 Å². The average Bonchev–Trinajstić information content (AvgIpc) is 2.32. The van der Waals surface area contributed by atoms with E-state index in [2.05, 4.69) is 0 Å². The zero-order valence-electron chi connectivity index (χ0n) is 9.91. The second-order valence-corrected chi connectivity index (χ2v) is 4.87. The van der Waals surface area contributed by atoms with Gasteiger partial charge in [0, 0.05) is 12.3 Å². The fraction of sp³-hybridized carbons (Fsp3) is 0.500. The molecule has 1 aromatic rings. The van der Waals surface area contributed by atoms with Crippen LogP contribution in [0.3, 0.4) is 0 Å². The maximum atomic E-state index is 12.7. The Hall–Kier alpha value is -1.32. The molecular formula is C14H15F3O. The number of carbonyl (C=O) groups is 1. The predicted octanol–water partition coefficient (Wildman–Crippen LogP) is 3.78. The van der Waals surface area contributed by atoms with E-state index in [1.54, 1.807) is 0 Å². The van der Waals surface area contributed by atoms with Crippen molar-refractivity contribution in [2.24, 2.45) is 11.8 Å². The second-order valence-electron chi connectivity index (χ2n) is 4.87. The highest BCUT2D eigenvalue weighted by Crippen LogP contribution is 2.39. The summed E-state index contributed by atoms with van der Waals surface area (Å²) in [4.78, 5) is 11.7.